The molecule has 3 heterocycles. The SMILES string of the molecule is COc1ncc(-c2ccc(C(=O)N3CCCC3CN3CCCC3)c(F)c2)cn1. The molecule has 2 aliphatic heterocycles. The summed E-state index contributed by atoms with van der Waals surface area (Å²) >= 11 is 0. The van der Waals surface area contributed by atoms with Crippen LogP contribution in [-0.4, -0.2) is 65.0 Å². The van der Waals surface area contributed by atoms with Crippen LogP contribution in [0.1, 0.15) is 36.0 Å². The minimum Gasteiger partial charge on any atom is -0.467 e. The largest absolute Gasteiger partial charge is 0.467 e. The van der Waals surface area contributed by atoms with Crippen LogP contribution >= 0.6 is 0 Å². The van der Waals surface area contributed by atoms with Crippen molar-refractivity contribution >= 4 is 5.91 Å². The molecule has 0 radical (unpaired) electrons. The van der Waals surface area contributed by atoms with E-state index in [1.807, 2.05) is 4.90 Å². The topological polar surface area (TPSA) is 58.6 Å². The third-order valence-electron chi connectivity index (χ3n) is 5.65. The maximum absolute atomic E-state index is 14.8. The number of nitrogens with zero attached hydrogens (tertiary/aromatic N) is 4. The molecule has 0 saturated carbocycles. The third kappa shape index (κ3) is 3.85. The molecule has 4 rings (SSSR count). The number of aromatic nitrogens is 2. The summed E-state index contributed by atoms with van der Waals surface area (Å²) in [6.07, 6.45) is 7.58. The predicted molar refractivity (Wildman–Crippen MR) is 104 cm³/mol. The van der Waals surface area contributed by atoms with Crippen molar-refractivity contribution in [2.45, 2.75) is 31.7 Å². The molecule has 0 spiro atoms. The van der Waals surface area contributed by atoms with E-state index in [1.54, 1.807) is 24.5 Å². The number of amides is 1. The molecule has 2 fully saturated rings. The van der Waals surface area contributed by atoms with Gasteiger partial charge in [-0.15, -0.1) is 0 Å². The Morgan fingerprint density at radius 2 is 1.89 bits per heavy atom. The Labute approximate surface area is 164 Å². The molecule has 6 nitrogen and oxygen atoms in total. The van der Waals surface area contributed by atoms with Crippen molar-refractivity contribution in [3.05, 3.63) is 42.0 Å². The van der Waals surface area contributed by atoms with Crippen LogP contribution in [0.3, 0.4) is 0 Å². The number of carbonyl (C=O) groups excluding carboxylic acids is 1. The fourth-order valence-electron chi connectivity index (χ4n) is 4.15. The second kappa shape index (κ2) is 8.22. The summed E-state index contributed by atoms with van der Waals surface area (Å²) in [6.45, 7) is 3.80. The van der Waals surface area contributed by atoms with Gasteiger partial charge in [0.1, 0.15) is 5.82 Å². The average molecular weight is 384 g/mol. The zero-order valence-corrected chi connectivity index (χ0v) is 16.1. The van der Waals surface area contributed by atoms with E-state index in [2.05, 4.69) is 14.9 Å². The lowest BCUT2D eigenvalue weighted by Crippen LogP contribution is -2.42. The molecule has 7 heteroatoms. The van der Waals surface area contributed by atoms with Crippen molar-refractivity contribution in [2.75, 3.05) is 33.3 Å². The smallest absolute Gasteiger partial charge is 0.316 e. The Balaban J connectivity index is 1.50. The van der Waals surface area contributed by atoms with Crippen LogP contribution in [0, 0.1) is 5.82 Å². The van der Waals surface area contributed by atoms with Crippen LogP contribution in [0.25, 0.3) is 11.1 Å². The molecule has 1 unspecified atom stereocenters. The second-order valence-electron chi connectivity index (χ2n) is 7.46. The van der Waals surface area contributed by atoms with Gasteiger partial charge in [-0.1, -0.05) is 6.07 Å². The Morgan fingerprint density at radius 3 is 2.57 bits per heavy atom. The molecule has 2 aliphatic rings. The van der Waals surface area contributed by atoms with E-state index >= 15 is 0 Å². The summed E-state index contributed by atoms with van der Waals surface area (Å²) in [6, 6.07) is 5.13. The number of hydrogen-bond acceptors (Lipinski definition) is 5. The zero-order chi connectivity index (χ0) is 19.5. The number of methoxy groups -OCH3 is 1. The molecule has 2 aromatic rings. The number of rotatable bonds is 5. The van der Waals surface area contributed by atoms with Gasteiger partial charge in [-0.25, -0.2) is 14.4 Å². The van der Waals surface area contributed by atoms with Gasteiger partial charge in [0.15, 0.2) is 0 Å². The van der Waals surface area contributed by atoms with E-state index in [0.29, 0.717) is 17.7 Å². The third-order valence-corrected chi connectivity index (χ3v) is 5.65. The van der Waals surface area contributed by atoms with Crippen molar-refractivity contribution < 1.29 is 13.9 Å². The molecule has 28 heavy (non-hydrogen) atoms. The fraction of sp³-hybridized carbons (Fsp3) is 0.476. The lowest BCUT2D eigenvalue weighted by molar-refractivity contribution is 0.0704. The normalized spacial score (nSPS) is 19.9. The van der Waals surface area contributed by atoms with Gasteiger partial charge in [-0.05, 0) is 56.5 Å². The standard InChI is InChI=1S/C21H25FN4O2/c1-28-21-23-12-16(13-24-21)15-6-7-18(19(22)11-15)20(27)26-10-4-5-17(26)14-25-8-2-3-9-25/h6-7,11-13,17H,2-5,8-10,14H2,1H3. The van der Waals surface area contributed by atoms with Gasteiger partial charge in [-0.2, -0.15) is 0 Å². The Bertz CT molecular complexity index is 837. The number of benzene rings is 1. The maximum atomic E-state index is 14.8. The van der Waals surface area contributed by atoms with E-state index in [0.717, 1.165) is 32.5 Å². The summed E-state index contributed by atoms with van der Waals surface area (Å²) in [7, 11) is 1.49. The highest BCUT2D eigenvalue weighted by Gasteiger charge is 2.32. The van der Waals surface area contributed by atoms with Gasteiger partial charge < -0.3 is 14.5 Å². The molecule has 1 aromatic heterocycles. The molecule has 0 N–H and O–H groups in total. The highest BCUT2D eigenvalue weighted by Crippen LogP contribution is 2.26. The van der Waals surface area contributed by atoms with Crippen LogP contribution in [-0.2, 0) is 0 Å². The van der Waals surface area contributed by atoms with E-state index < -0.39 is 5.82 Å². The van der Waals surface area contributed by atoms with Crippen LogP contribution in [0.4, 0.5) is 4.39 Å². The van der Waals surface area contributed by atoms with Crippen molar-refractivity contribution in [1.29, 1.82) is 0 Å². The average Bonchev–Trinajstić information content (AvgIpc) is 3.40. The molecular weight excluding hydrogens is 359 g/mol. The first kappa shape index (κ1) is 18.8. The lowest BCUT2D eigenvalue weighted by atomic mass is 10.0. The van der Waals surface area contributed by atoms with E-state index in [1.165, 1.54) is 26.0 Å². The second-order valence-corrected chi connectivity index (χ2v) is 7.46. The number of carbonyl (C=O) groups is 1. The minimum atomic E-state index is -0.509. The fourth-order valence-corrected chi connectivity index (χ4v) is 4.15. The van der Waals surface area contributed by atoms with Crippen LogP contribution in [0.15, 0.2) is 30.6 Å². The summed E-state index contributed by atoms with van der Waals surface area (Å²) < 4.78 is 19.7. The van der Waals surface area contributed by atoms with E-state index in [9.17, 15) is 9.18 Å². The van der Waals surface area contributed by atoms with Crippen molar-refractivity contribution in [1.82, 2.24) is 19.8 Å². The van der Waals surface area contributed by atoms with E-state index in [-0.39, 0.29) is 23.5 Å². The van der Waals surface area contributed by atoms with Crippen molar-refractivity contribution in [3.8, 4) is 17.1 Å². The van der Waals surface area contributed by atoms with Gasteiger partial charge >= 0.3 is 6.01 Å². The summed E-state index contributed by atoms with van der Waals surface area (Å²) in [5, 5.41) is 0. The molecule has 1 atom stereocenters. The highest BCUT2D eigenvalue weighted by atomic mass is 19.1. The summed E-state index contributed by atoms with van der Waals surface area (Å²) in [5.41, 5.74) is 1.44. The first-order chi connectivity index (χ1) is 13.7. The Morgan fingerprint density at radius 1 is 1.14 bits per heavy atom. The van der Waals surface area contributed by atoms with Gasteiger partial charge in [0.2, 0.25) is 0 Å². The summed E-state index contributed by atoms with van der Waals surface area (Å²) in [4.78, 5) is 25.4. The lowest BCUT2D eigenvalue weighted by Gasteiger charge is -2.28. The van der Waals surface area contributed by atoms with Gasteiger partial charge in [0.25, 0.3) is 5.91 Å². The van der Waals surface area contributed by atoms with Crippen molar-refractivity contribution in [3.63, 3.8) is 0 Å². The summed E-state index contributed by atoms with van der Waals surface area (Å²) in [5.74, 6) is -0.720. The highest BCUT2D eigenvalue weighted by molar-refractivity contribution is 5.95. The molecule has 0 bridgehead atoms. The zero-order valence-electron chi connectivity index (χ0n) is 16.1. The van der Waals surface area contributed by atoms with Crippen LogP contribution < -0.4 is 4.74 Å². The van der Waals surface area contributed by atoms with Crippen LogP contribution in [0.2, 0.25) is 0 Å². The number of hydrogen-bond donors (Lipinski definition) is 0. The molecule has 2 saturated heterocycles. The van der Waals surface area contributed by atoms with Gasteiger partial charge in [0, 0.05) is 37.1 Å². The van der Waals surface area contributed by atoms with Crippen molar-refractivity contribution in [2.24, 2.45) is 0 Å². The molecule has 1 aromatic carbocycles. The van der Waals surface area contributed by atoms with Gasteiger partial charge in [0.05, 0.1) is 12.7 Å². The van der Waals surface area contributed by atoms with Crippen LogP contribution in [0.5, 0.6) is 6.01 Å². The number of ether oxygens (including phenoxy) is 1. The minimum absolute atomic E-state index is 0.131. The quantitative estimate of drug-likeness (QED) is 0.793. The van der Waals surface area contributed by atoms with Gasteiger partial charge in [-0.3, -0.25) is 4.79 Å². The molecule has 1 amide bonds. The van der Waals surface area contributed by atoms with E-state index in [4.69, 9.17) is 4.74 Å². The first-order valence-electron chi connectivity index (χ1n) is 9.85. The number of halogens is 1. The predicted octanol–water partition coefficient (Wildman–Crippen LogP) is 2.99. The molecule has 0 aliphatic carbocycles. The monoisotopic (exact) mass is 384 g/mol. The Hall–Kier alpha value is -2.54. The number of likely N-dealkylation sites (tertiary alicyclic amines) is 2. The molecular formula is C21H25FN4O2. The Kier molecular flexibility index (Phi) is 5.52. The molecule has 148 valence electrons. The first-order valence-corrected chi connectivity index (χ1v) is 9.85. The maximum Gasteiger partial charge on any atom is 0.316 e.